The van der Waals surface area contributed by atoms with Crippen molar-refractivity contribution in [3.63, 3.8) is 0 Å². The van der Waals surface area contributed by atoms with Gasteiger partial charge in [-0.3, -0.25) is 52.7 Å². The van der Waals surface area contributed by atoms with Gasteiger partial charge in [0.1, 0.15) is 0 Å². The number of nitrogens with one attached hydrogen (secondary N) is 9. The molecule has 0 saturated carbocycles. The van der Waals surface area contributed by atoms with Crippen molar-refractivity contribution < 1.29 is 76.1 Å². The fourth-order valence-electron chi connectivity index (χ4n) is 12.6. The van der Waals surface area contributed by atoms with Crippen LogP contribution in [0.4, 0.5) is 13.2 Å². The Balaban J connectivity index is 1.95. The summed E-state index contributed by atoms with van der Waals surface area (Å²) in [5, 5.41) is 45.1. The van der Waals surface area contributed by atoms with Gasteiger partial charge in [-0.1, -0.05) is 135 Å². The first-order chi connectivity index (χ1) is 48.3. The summed E-state index contributed by atoms with van der Waals surface area (Å²) in [6.45, 7) is 15.7. The number of carboxylic acid groups (broad SMARTS) is 2. The molecule has 2 aromatic rings. The van der Waals surface area contributed by atoms with E-state index in [1.807, 2.05) is 67.5 Å². The van der Waals surface area contributed by atoms with Crippen LogP contribution in [-0.4, -0.2) is 142 Å². The van der Waals surface area contributed by atoms with Gasteiger partial charge in [-0.25, -0.2) is 0 Å². The Kier molecular flexibility index (Phi) is 41.0. The molecule has 1 aliphatic heterocycles. The van der Waals surface area contributed by atoms with Gasteiger partial charge in [0.25, 0.3) is 0 Å². The zero-order valence-corrected chi connectivity index (χ0v) is 61.2. The molecule has 0 unspecified atom stereocenters. The Bertz CT molecular complexity index is 2990. The summed E-state index contributed by atoms with van der Waals surface area (Å²) in [5.41, 5.74) is 11.4. The second kappa shape index (κ2) is 47.4. The number of alkyl halides is 3. The van der Waals surface area contributed by atoms with Crippen molar-refractivity contribution in [3.05, 3.63) is 83.4 Å². The van der Waals surface area contributed by atoms with E-state index in [-0.39, 0.29) is 124 Å². The number of rotatable bonds is 38. The zero-order chi connectivity index (χ0) is 75.9. The maximum absolute atomic E-state index is 14.6. The topological polar surface area (TPSA) is 389 Å². The zero-order valence-electron chi connectivity index (χ0n) is 61.2. The van der Waals surface area contributed by atoms with Crippen molar-refractivity contribution in [2.24, 2.45) is 35.1 Å². The van der Waals surface area contributed by atoms with Crippen LogP contribution >= 0.6 is 0 Å². The number of aliphatic carboxylic acids is 2. The molecule has 0 saturated heterocycles. The molecular formula is C75H118F3N11O13. The van der Waals surface area contributed by atoms with E-state index in [0.29, 0.717) is 77.2 Å². The highest BCUT2D eigenvalue weighted by atomic mass is 19.4. The van der Waals surface area contributed by atoms with Crippen molar-refractivity contribution >= 4 is 65.1 Å². The van der Waals surface area contributed by atoms with E-state index in [0.717, 1.165) is 11.6 Å². The lowest BCUT2D eigenvalue weighted by molar-refractivity contribution is -0.140. The first kappa shape index (κ1) is 88.3. The molecule has 0 spiro atoms. The fourth-order valence-corrected chi connectivity index (χ4v) is 12.6. The number of amides is 9. The SMILES string of the molecule is CC[C@H](C)[C@@H](CC(=O)N[C@H](CC(=O)N[C@H]1CCC/C=C/CCC[C@@H](CC(=O)N[C@H](CC(=O)N[C@H](CC(=O)N[C@@H](CCC(=O)O)CC(=O)O)Cc2ccccc2)[C@@H](C)CC)NC(=O)C[C@H](Cc2ccccc2C(F)(F)F)NC(=O)C[C@H]([C@@H](C)CC)NC(=O)C1)CC(C)C)NC(=O)C[C@@H](N)CCCN. The molecule has 102 heavy (non-hydrogen) atoms. The van der Waals surface area contributed by atoms with E-state index in [4.69, 9.17) is 11.5 Å². The van der Waals surface area contributed by atoms with E-state index in [9.17, 15) is 76.1 Å². The Morgan fingerprint density at radius 2 is 1.12 bits per heavy atom. The largest absolute Gasteiger partial charge is 0.481 e. The Morgan fingerprint density at radius 1 is 0.578 bits per heavy atom. The van der Waals surface area contributed by atoms with Gasteiger partial charge in [-0.05, 0) is 124 Å². The Morgan fingerprint density at radius 3 is 1.71 bits per heavy atom. The van der Waals surface area contributed by atoms with Crippen LogP contribution in [0.5, 0.6) is 0 Å². The lowest BCUT2D eigenvalue weighted by Gasteiger charge is -2.28. The van der Waals surface area contributed by atoms with Crippen LogP contribution in [0, 0.1) is 23.7 Å². The number of hydrogen-bond donors (Lipinski definition) is 13. The third-order valence-electron chi connectivity index (χ3n) is 18.8. The van der Waals surface area contributed by atoms with Gasteiger partial charge >= 0.3 is 18.1 Å². The average molecular weight is 1440 g/mol. The van der Waals surface area contributed by atoms with Crippen molar-refractivity contribution in [3.8, 4) is 0 Å². The minimum absolute atomic E-state index is 0.0293. The van der Waals surface area contributed by atoms with Gasteiger partial charge in [0.05, 0.1) is 12.0 Å². The molecule has 0 radical (unpaired) electrons. The number of carbonyl (C=O) groups is 11. The van der Waals surface area contributed by atoms with Gasteiger partial charge in [0.2, 0.25) is 53.2 Å². The van der Waals surface area contributed by atoms with Crippen molar-refractivity contribution in [1.82, 2.24) is 47.9 Å². The Hall–Kier alpha value is -7.94. The first-order valence-electron chi connectivity index (χ1n) is 36.7. The molecule has 0 aliphatic carbocycles. The third-order valence-corrected chi connectivity index (χ3v) is 18.8. The number of carbonyl (C=O) groups excluding carboxylic acids is 9. The molecule has 13 atom stereocenters. The lowest BCUT2D eigenvalue weighted by Crippen LogP contribution is -2.49. The molecule has 9 amide bonds. The molecule has 0 aromatic heterocycles. The van der Waals surface area contributed by atoms with E-state index in [1.165, 1.54) is 18.2 Å². The molecular weight excluding hydrogens is 1320 g/mol. The van der Waals surface area contributed by atoms with Gasteiger partial charge in [0.15, 0.2) is 0 Å². The number of benzene rings is 2. The summed E-state index contributed by atoms with van der Waals surface area (Å²) >= 11 is 0. The quantitative estimate of drug-likeness (QED) is 0.0284. The molecule has 0 fully saturated rings. The van der Waals surface area contributed by atoms with Crippen molar-refractivity contribution in [1.29, 1.82) is 0 Å². The Labute approximate surface area is 600 Å². The molecule has 1 aliphatic rings. The minimum atomic E-state index is -4.79. The van der Waals surface area contributed by atoms with Crippen LogP contribution in [0.1, 0.15) is 226 Å². The number of halogens is 3. The van der Waals surface area contributed by atoms with Crippen LogP contribution < -0.4 is 59.3 Å². The first-order valence-corrected chi connectivity index (χ1v) is 36.7. The number of allylic oxidation sites excluding steroid dienone is 2. The predicted octanol–water partition coefficient (Wildman–Crippen LogP) is 7.87. The molecule has 572 valence electrons. The van der Waals surface area contributed by atoms with Crippen LogP contribution in [0.2, 0.25) is 0 Å². The van der Waals surface area contributed by atoms with Gasteiger partial charge in [-0.2, -0.15) is 13.2 Å². The monoisotopic (exact) mass is 1440 g/mol. The van der Waals surface area contributed by atoms with Gasteiger partial charge < -0.3 is 69.5 Å². The molecule has 1 heterocycles. The second-order valence-electron chi connectivity index (χ2n) is 28.3. The summed E-state index contributed by atoms with van der Waals surface area (Å²) in [4.78, 5) is 149. The number of carboxylic acids is 2. The second-order valence-corrected chi connectivity index (χ2v) is 28.3. The summed E-state index contributed by atoms with van der Waals surface area (Å²) in [5.74, 6) is -7.46. The maximum Gasteiger partial charge on any atom is 0.416 e. The van der Waals surface area contributed by atoms with Crippen LogP contribution in [0.25, 0.3) is 0 Å². The molecule has 27 heteroatoms. The highest BCUT2D eigenvalue weighted by Gasteiger charge is 2.36. The van der Waals surface area contributed by atoms with Gasteiger partial charge in [-0.15, -0.1) is 0 Å². The molecule has 15 N–H and O–H groups in total. The van der Waals surface area contributed by atoms with Crippen molar-refractivity contribution in [2.45, 2.75) is 289 Å². The van der Waals surface area contributed by atoms with E-state index in [2.05, 4.69) is 47.9 Å². The standard InChI is InChI=1S/C75H118F3N11O13/c1-9-48(6)61(87-64(90)37-53(80)27-23-33-79)44-70(96)84-57(34-47(4)5)40-65(91)81-54-28-19-14-12-13-15-20-29-55(82-67(93)42-59(36-52-26-21-22-30-60(52)75(76,77)78)86-72(98)46-63(50(8)11-3)89-68(94)38-54)39-69(95)88-62(49(7)10-2)45-71(97)85-58(35-51-24-17-16-18-25-51)41-66(92)83-56(43-74(101)102)31-32-73(99)100/h12-13,16-18,21-22,24-26,30,47-50,53-59,61-63H,9-11,14-15,19-20,23,27-29,31-46,79-80H2,1-8H3,(H,81,91)(H,82,93)(H,83,92)(H,84,96)(H,85,97)(H,86,98)(H,87,90)(H,88,95)(H,89,94)(H,99,100)(H,101,102)/b13-12+/t48-,49-,50-,53-,54-,55-,56-,57-,58-,59-,61+,62+,63+/m0/s1. The van der Waals surface area contributed by atoms with Crippen LogP contribution in [-0.2, 0) is 71.8 Å². The predicted molar refractivity (Wildman–Crippen MR) is 384 cm³/mol. The summed E-state index contributed by atoms with van der Waals surface area (Å²) in [6, 6.07) is 6.22. The molecule has 24 nitrogen and oxygen atoms in total. The molecule has 3 rings (SSSR count). The lowest BCUT2D eigenvalue weighted by atomic mass is 9.94. The summed E-state index contributed by atoms with van der Waals surface area (Å²) < 4.78 is 43.7. The fraction of sp³-hybridized carbons (Fsp3) is 0.667. The normalized spacial score (nSPS) is 19.9. The van der Waals surface area contributed by atoms with Crippen LogP contribution in [0.3, 0.4) is 0 Å². The van der Waals surface area contributed by atoms with Crippen molar-refractivity contribution in [2.75, 3.05) is 6.54 Å². The third kappa shape index (κ3) is 37.3. The summed E-state index contributed by atoms with van der Waals surface area (Å²) in [6.07, 6.45) is 1.96. The smallest absolute Gasteiger partial charge is 0.416 e. The van der Waals surface area contributed by atoms with Crippen LogP contribution in [0.15, 0.2) is 66.7 Å². The summed E-state index contributed by atoms with van der Waals surface area (Å²) in [7, 11) is 0. The van der Waals surface area contributed by atoms with Gasteiger partial charge in [0, 0.05) is 125 Å². The molecule has 2 aromatic carbocycles. The van der Waals surface area contributed by atoms with E-state index < -0.39 is 139 Å². The molecule has 0 bridgehead atoms. The highest BCUT2D eigenvalue weighted by Crippen LogP contribution is 2.33. The average Bonchev–Trinajstić information content (AvgIpc) is 0.823. The maximum atomic E-state index is 14.6. The van der Waals surface area contributed by atoms with E-state index in [1.54, 1.807) is 30.3 Å². The minimum Gasteiger partial charge on any atom is -0.481 e. The number of nitrogens with two attached hydrogens (primary N) is 2. The van der Waals surface area contributed by atoms with E-state index >= 15 is 0 Å². The highest BCUT2D eigenvalue weighted by molar-refractivity contribution is 5.85. The number of hydrogen-bond acceptors (Lipinski definition) is 13.